The molecule has 2 rings (SSSR count). The molecule has 1 aliphatic carbocycles. The lowest BCUT2D eigenvalue weighted by molar-refractivity contribution is -0.146. The van der Waals surface area contributed by atoms with Crippen LogP contribution in [0.4, 0.5) is 0 Å². The zero-order valence-corrected chi connectivity index (χ0v) is 30.0. The number of primary amides is 1. The van der Waals surface area contributed by atoms with Crippen molar-refractivity contribution in [2.45, 2.75) is 122 Å². The molecule has 3 unspecified atom stereocenters. The number of carboxylic acid groups (broad SMARTS) is 1. The Labute approximate surface area is 299 Å². The predicted molar refractivity (Wildman–Crippen MR) is 187 cm³/mol. The van der Waals surface area contributed by atoms with Crippen molar-refractivity contribution in [3.63, 3.8) is 0 Å². The summed E-state index contributed by atoms with van der Waals surface area (Å²) in [6.07, 6.45) is 4.73. The molecule has 15 nitrogen and oxygen atoms in total. The average Bonchev–Trinajstić information content (AvgIpc) is 3.08. The minimum Gasteiger partial charge on any atom is -0.480 e. The van der Waals surface area contributed by atoms with E-state index in [-0.39, 0.29) is 43.9 Å². The van der Waals surface area contributed by atoms with Gasteiger partial charge in [0.1, 0.15) is 36.5 Å². The zero-order chi connectivity index (χ0) is 38.1. The molecule has 15 heteroatoms. The lowest BCUT2D eigenvalue weighted by Gasteiger charge is -2.33. The number of likely N-dealkylation sites (N-methyl/N-ethyl adjacent to an activating group) is 1. The summed E-state index contributed by atoms with van der Waals surface area (Å²) in [6, 6.07) is 2.64. The van der Waals surface area contributed by atoms with Crippen molar-refractivity contribution in [3.05, 3.63) is 35.9 Å². The van der Waals surface area contributed by atoms with Gasteiger partial charge in [0.2, 0.25) is 35.4 Å². The second kappa shape index (κ2) is 21.4. The van der Waals surface area contributed by atoms with Gasteiger partial charge in [0.25, 0.3) is 0 Å². The summed E-state index contributed by atoms with van der Waals surface area (Å²) in [5.41, 5.74) is 5.94. The van der Waals surface area contributed by atoms with Crippen LogP contribution < -0.4 is 27.0 Å². The molecule has 1 aliphatic rings. The minimum atomic E-state index is -1.41. The van der Waals surface area contributed by atoms with Gasteiger partial charge < -0.3 is 41.8 Å². The van der Waals surface area contributed by atoms with Crippen molar-refractivity contribution in [2.24, 2.45) is 17.6 Å². The highest BCUT2D eigenvalue weighted by Crippen LogP contribution is 2.27. The maximum Gasteiger partial charge on any atom is 0.326 e. The molecular formula is C36H54N6O9. The van der Waals surface area contributed by atoms with Crippen molar-refractivity contribution in [1.29, 1.82) is 0 Å². The van der Waals surface area contributed by atoms with E-state index in [0.29, 0.717) is 11.8 Å². The third kappa shape index (κ3) is 14.9. The highest BCUT2D eigenvalue weighted by molar-refractivity contribution is 5.96. The van der Waals surface area contributed by atoms with Gasteiger partial charge in [-0.1, -0.05) is 76.3 Å². The fourth-order valence-electron chi connectivity index (χ4n) is 6.26. The van der Waals surface area contributed by atoms with Gasteiger partial charge in [0, 0.05) is 33.2 Å². The van der Waals surface area contributed by atoms with Crippen LogP contribution in [0.1, 0.15) is 90.5 Å². The predicted octanol–water partition coefficient (Wildman–Crippen LogP) is 0.971. The molecule has 282 valence electrons. The number of carbonyl (C=O) groups is 8. The Hall–Kier alpha value is -4.82. The fraction of sp³-hybridized carbons (Fsp3) is 0.611. The second-order valence-corrected chi connectivity index (χ2v) is 13.7. The molecule has 0 spiro atoms. The second-order valence-electron chi connectivity index (χ2n) is 13.7. The van der Waals surface area contributed by atoms with Crippen molar-refractivity contribution in [3.8, 4) is 0 Å². The molecule has 7 N–H and O–H groups in total. The van der Waals surface area contributed by atoms with Gasteiger partial charge in [-0.05, 0) is 36.7 Å². The van der Waals surface area contributed by atoms with Gasteiger partial charge in [0.15, 0.2) is 0 Å². The molecule has 0 bridgehead atoms. The van der Waals surface area contributed by atoms with E-state index in [2.05, 4.69) is 21.3 Å². The number of nitrogens with two attached hydrogens (primary N) is 1. The number of hydrogen-bond donors (Lipinski definition) is 6. The molecule has 51 heavy (non-hydrogen) atoms. The number of hydrogen-bond acceptors (Lipinski definition) is 8. The third-order valence-corrected chi connectivity index (χ3v) is 8.96. The Morgan fingerprint density at radius 2 is 1.45 bits per heavy atom. The first-order chi connectivity index (χ1) is 24.1. The minimum absolute atomic E-state index is 0.0111. The molecule has 0 aromatic heterocycles. The molecule has 1 saturated carbocycles. The molecule has 0 saturated heterocycles. The first-order valence-corrected chi connectivity index (χ1v) is 17.6. The fourth-order valence-corrected chi connectivity index (χ4v) is 6.26. The van der Waals surface area contributed by atoms with E-state index >= 15 is 0 Å². The summed E-state index contributed by atoms with van der Waals surface area (Å²) in [7, 11) is 1.35. The summed E-state index contributed by atoms with van der Waals surface area (Å²) >= 11 is 0. The van der Waals surface area contributed by atoms with Gasteiger partial charge in [0.05, 0.1) is 0 Å². The Balaban J connectivity index is 2.31. The number of nitrogens with one attached hydrogen (secondary N) is 4. The van der Waals surface area contributed by atoms with Crippen LogP contribution in [0.5, 0.6) is 0 Å². The van der Waals surface area contributed by atoms with E-state index in [9.17, 15) is 43.5 Å². The quantitative estimate of drug-likeness (QED) is 0.0995. The summed E-state index contributed by atoms with van der Waals surface area (Å²) < 4.78 is 0. The number of carboxylic acids is 1. The van der Waals surface area contributed by atoms with E-state index in [4.69, 9.17) is 5.73 Å². The third-order valence-electron chi connectivity index (χ3n) is 8.96. The van der Waals surface area contributed by atoms with Crippen LogP contribution in [0.15, 0.2) is 30.3 Å². The Morgan fingerprint density at radius 3 is 2.00 bits per heavy atom. The number of nitrogens with zero attached hydrogens (tertiary/aromatic N) is 1. The molecule has 6 amide bonds. The number of rotatable bonds is 21. The molecule has 1 aromatic carbocycles. The average molecular weight is 715 g/mol. The number of amides is 6. The molecule has 1 aromatic rings. The van der Waals surface area contributed by atoms with Gasteiger partial charge in [-0.15, -0.1) is 0 Å². The van der Waals surface area contributed by atoms with Crippen molar-refractivity contribution < 1.29 is 43.5 Å². The maximum absolute atomic E-state index is 13.9. The largest absolute Gasteiger partial charge is 0.480 e. The zero-order valence-electron chi connectivity index (χ0n) is 30.0. The van der Waals surface area contributed by atoms with Gasteiger partial charge >= 0.3 is 5.97 Å². The Morgan fingerprint density at radius 1 is 0.863 bits per heavy atom. The monoisotopic (exact) mass is 714 g/mol. The lowest BCUT2D eigenvalue weighted by Crippen LogP contribution is -2.59. The summed E-state index contributed by atoms with van der Waals surface area (Å²) in [6.45, 7) is 4.87. The van der Waals surface area contributed by atoms with Crippen LogP contribution in [-0.2, 0) is 44.8 Å². The van der Waals surface area contributed by atoms with E-state index in [1.807, 2.05) is 13.8 Å². The first-order valence-electron chi connectivity index (χ1n) is 17.6. The molecule has 0 aliphatic heterocycles. The lowest BCUT2D eigenvalue weighted by atomic mass is 9.84. The van der Waals surface area contributed by atoms with Crippen LogP contribution in [0.25, 0.3) is 0 Å². The molecule has 5 atom stereocenters. The van der Waals surface area contributed by atoms with Crippen LogP contribution in [0.3, 0.4) is 0 Å². The summed E-state index contributed by atoms with van der Waals surface area (Å²) in [5, 5.41) is 20.2. The molecule has 0 heterocycles. The van der Waals surface area contributed by atoms with Gasteiger partial charge in [-0.3, -0.25) is 28.8 Å². The number of aldehydes is 1. The number of benzene rings is 1. The van der Waals surface area contributed by atoms with Crippen molar-refractivity contribution in [2.75, 3.05) is 7.05 Å². The van der Waals surface area contributed by atoms with Crippen LogP contribution in [-0.4, -0.2) is 95.0 Å². The van der Waals surface area contributed by atoms with Crippen LogP contribution >= 0.6 is 0 Å². The first kappa shape index (κ1) is 42.3. The van der Waals surface area contributed by atoms with E-state index in [1.54, 1.807) is 30.3 Å². The van der Waals surface area contributed by atoms with Crippen LogP contribution in [0, 0.1) is 11.8 Å². The van der Waals surface area contributed by atoms with Gasteiger partial charge in [-0.25, -0.2) is 4.79 Å². The highest BCUT2D eigenvalue weighted by atomic mass is 16.4. The highest BCUT2D eigenvalue weighted by Gasteiger charge is 2.36. The maximum atomic E-state index is 13.9. The van der Waals surface area contributed by atoms with Crippen LogP contribution in [0.2, 0.25) is 0 Å². The van der Waals surface area contributed by atoms with Crippen molar-refractivity contribution >= 4 is 47.7 Å². The molecular weight excluding hydrogens is 660 g/mol. The topological polar surface area (TPSA) is 234 Å². The molecule has 0 radical (unpaired) electrons. The molecule has 1 fully saturated rings. The smallest absolute Gasteiger partial charge is 0.326 e. The summed E-state index contributed by atoms with van der Waals surface area (Å²) in [5.74, 6) is -5.39. The van der Waals surface area contributed by atoms with E-state index < -0.39 is 78.0 Å². The Kier molecular flexibility index (Phi) is 17.8. The standard InChI is InChI=1S/C36H54N6O9/c1-22(2)19-30(34(48)41-29(36(50)51)21-25-13-9-6-10-14-25)42(4)35(49)27(17-18-43)39-33(47)28(20-24-11-7-5-8-12-24)40-32(46)26(38-23(3)44)15-16-31(37)45/h6,9-10,13-14,18,22,24,26-30H,5,7-8,11-12,15-17,19-21H2,1-4H3,(H2,37,45)(H,38,44)(H,39,47)(H,40,46)(H,41,48)(H,50,51)/t26?,27?,28-,29?,30-/m0/s1. The number of carbonyl (C=O) groups excluding carboxylic acids is 7. The normalized spacial score (nSPS) is 16.0. The SMILES string of the molecule is CC(=O)NC(CCC(N)=O)C(=O)N[C@@H](CC1CCCCC1)C(=O)NC(CC=O)C(=O)N(C)[C@@H](CC(C)C)C(=O)NC(Cc1ccccc1)C(=O)O. The van der Waals surface area contributed by atoms with E-state index in [1.165, 1.54) is 14.0 Å². The summed E-state index contributed by atoms with van der Waals surface area (Å²) in [4.78, 5) is 103. The van der Waals surface area contributed by atoms with E-state index in [0.717, 1.165) is 37.0 Å². The number of aliphatic carboxylic acids is 1. The van der Waals surface area contributed by atoms with Gasteiger partial charge in [-0.2, -0.15) is 0 Å². The Bertz CT molecular complexity index is 1370. The van der Waals surface area contributed by atoms with Crippen molar-refractivity contribution in [1.82, 2.24) is 26.2 Å².